The molecule has 0 N–H and O–H groups in total. The Hall–Kier alpha value is -0.790. The van der Waals surface area contributed by atoms with Crippen molar-refractivity contribution in [1.82, 2.24) is 0 Å². The summed E-state index contributed by atoms with van der Waals surface area (Å²) in [6.45, 7) is 11.9. The zero-order valence-electron chi connectivity index (χ0n) is 11.9. The van der Waals surface area contributed by atoms with Crippen molar-refractivity contribution in [3.8, 4) is 0 Å². The fourth-order valence-corrected chi connectivity index (χ4v) is 1.76. The van der Waals surface area contributed by atoms with E-state index in [1.165, 1.54) is 12.8 Å². The van der Waals surface area contributed by atoms with Crippen LogP contribution in [-0.4, -0.2) is 12.1 Å². The van der Waals surface area contributed by atoms with Gasteiger partial charge in [-0.3, -0.25) is 0 Å². The van der Waals surface area contributed by atoms with E-state index in [4.69, 9.17) is 4.74 Å². The summed E-state index contributed by atoms with van der Waals surface area (Å²) in [4.78, 5) is 11.4. The lowest BCUT2D eigenvalue weighted by Crippen LogP contribution is -2.18. The van der Waals surface area contributed by atoms with Crippen LogP contribution in [0, 0.1) is 5.92 Å². The van der Waals surface area contributed by atoms with Crippen molar-refractivity contribution in [2.75, 3.05) is 0 Å². The molecule has 0 aromatic rings. The zero-order chi connectivity index (χ0) is 13.3. The van der Waals surface area contributed by atoms with Gasteiger partial charge in [0.1, 0.15) is 6.10 Å². The second-order valence-electron chi connectivity index (χ2n) is 5.27. The van der Waals surface area contributed by atoms with Gasteiger partial charge in [-0.2, -0.15) is 0 Å². The molecule has 0 aromatic carbocycles. The highest BCUT2D eigenvalue weighted by Gasteiger charge is 2.13. The predicted molar refractivity (Wildman–Crippen MR) is 72.9 cm³/mol. The minimum absolute atomic E-state index is 0.0800. The van der Waals surface area contributed by atoms with E-state index in [-0.39, 0.29) is 12.1 Å². The first-order chi connectivity index (χ1) is 7.97. The highest BCUT2D eigenvalue weighted by molar-refractivity contribution is 5.87. The topological polar surface area (TPSA) is 26.3 Å². The minimum atomic E-state index is -0.243. The lowest BCUT2D eigenvalue weighted by atomic mass is 10.0. The third-order valence-corrected chi connectivity index (χ3v) is 2.79. The molecule has 0 spiro atoms. The molecule has 0 saturated heterocycles. The zero-order valence-corrected chi connectivity index (χ0v) is 11.9. The van der Waals surface area contributed by atoms with Gasteiger partial charge in [0.2, 0.25) is 0 Å². The van der Waals surface area contributed by atoms with Crippen LogP contribution in [0.3, 0.4) is 0 Å². The maximum absolute atomic E-state index is 11.4. The van der Waals surface area contributed by atoms with E-state index in [0.717, 1.165) is 31.6 Å². The first-order valence-corrected chi connectivity index (χ1v) is 6.83. The molecule has 0 bridgehead atoms. The van der Waals surface area contributed by atoms with E-state index >= 15 is 0 Å². The van der Waals surface area contributed by atoms with E-state index in [1.807, 2.05) is 0 Å². The van der Waals surface area contributed by atoms with Gasteiger partial charge in [-0.15, -0.1) is 0 Å². The summed E-state index contributed by atoms with van der Waals surface area (Å²) in [7, 11) is 0. The third kappa shape index (κ3) is 8.96. The Kier molecular flexibility index (Phi) is 8.83. The molecule has 0 aliphatic carbocycles. The molecule has 17 heavy (non-hydrogen) atoms. The summed E-state index contributed by atoms with van der Waals surface area (Å²) in [6, 6.07) is 0. The normalized spacial score (nSPS) is 12.5. The predicted octanol–water partition coefficient (Wildman–Crippen LogP) is 4.49. The Morgan fingerprint density at radius 2 is 1.76 bits per heavy atom. The first-order valence-electron chi connectivity index (χ1n) is 6.83. The second-order valence-corrected chi connectivity index (χ2v) is 5.27. The summed E-state index contributed by atoms with van der Waals surface area (Å²) in [5.41, 5.74) is 0.494. The molecule has 0 aromatic heterocycles. The summed E-state index contributed by atoms with van der Waals surface area (Å²) in [5.74, 6) is 0.518. The van der Waals surface area contributed by atoms with Crippen molar-refractivity contribution >= 4 is 5.97 Å². The van der Waals surface area contributed by atoms with Gasteiger partial charge in [0, 0.05) is 5.57 Å². The van der Waals surface area contributed by atoms with Crippen molar-refractivity contribution < 1.29 is 9.53 Å². The molecule has 0 aliphatic heterocycles. The number of hydrogen-bond acceptors (Lipinski definition) is 2. The molecular weight excluding hydrogens is 212 g/mol. The summed E-state index contributed by atoms with van der Waals surface area (Å²) >= 11 is 0. The highest BCUT2D eigenvalue weighted by atomic mass is 16.5. The van der Waals surface area contributed by atoms with Crippen molar-refractivity contribution in [3.05, 3.63) is 12.2 Å². The van der Waals surface area contributed by atoms with E-state index in [0.29, 0.717) is 5.57 Å². The fourth-order valence-electron chi connectivity index (χ4n) is 1.76. The fraction of sp³-hybridized carbons (Fsp3) is 0.800. The van der Waals surface area contributed by atoms with Crippen molar-refractivity contribution in [3.63, 3.8) is 0 Å². The SMILES string of the molecule is C=C(C)C(=O)OC(CCC)CCCCC(C)C. The van der Waals surface area contributed by atoms with Crippen LogP contribution in [0.25, 0.3) is 0 Å². The number of carbonyl (C=O) groups is 1. The van der Waals surface area contributed by atoms with Crippen LogP contribution in [0.15, 0.2) is 12.2 Å². The van der Waals surface area contributed by atoms with Crippen LogP contribution in [0.4, 0.5) is 0 Å². The maximum Gasteiger partial charge on any atom is 0.333 e. The Labute approximate surface area is 106 Å². The first kappa shape index (κ1) is 16.2. The molecule has 0 heterocycles. The molecule has 0 radical (unpaired) electrons. The van der Waals surface area contributed by atoms with Crippen LogP contribution in [0.2, 0.25) is 0 Å². The maximum atomic E-state index is 11.4. The largest absolute Gasteiger partial charge is 0.459 e. The molecule has 0 saturated carbocycles. The molecule has 2 nitrogen and oxygen atoms in total. The summed E-state index contributed by atoms with van der Waals surface area (Å²) in [5, 5.41) is 0. The van der Waals surface area contributed by atoms with Crippen molar-refractivity contribution in [2.45, 2.75) is 72.3 Å². The molecule has 0 amide bonds. The van der Waals surface area contributed by atoms with E-state index in [9.17, 15) is 4.79 Å². The Balaban J connectivity index is 3.89. The number of ether oxygens (including phenoxy) is 1. The van der Waals surface area contributed by atoms with Crippen LogP contribution in [0.1, 0.15) is 66.2 Å². The van der Waals surface area contributed by atoms with E-state index in [2.05, 4.69) is 27.4 Å². The number of unbranched alkanes of at least 4 members (excludes halogenated alkanes) is 1. The number of rotatable bonds is 9. The Morgan fingerprint density at radius 1 is 1.18 bits per heavy atom. The van der Waals surface area contributed by atoms with E-state index in [1.54, 1.807) is 6.92 Å². The Morgan fingerprint density at radius 3 is 2.24 bits per heavy atom. The van der Waals surface area contributed by atoms with Gasteiger partial charge in [-0.05, 0) is 32.1 Å². The average molecular weight is 240 g/mol. The van der Waals surface area contributed by atoms with Crippen molar-refractivity contribution in [1.29, 1.82) is 0 Å². The number of hydrogen-bond donors (Lipinski definition) is 0. The minimum Gasteiger partial charge on any atom is -0.459 e. The van der Waals surface area contributed by atoms with Gasteiger partial charge >= 0.3 is 5.97 Å². The standard InChI is InChI=1S/C15H28O2/c1-6-9-14(17-15(16)13(4)5)11-8-7-10-12(2)3/h12,14H,4,6-11H2,1-3,5H3. The lowest BCUT2D eigenvalue weighted by Gasteiger charge is -2.17. The van der Waals surface area contributed by atoms with E-state index < -0.39 is 0 Å². The monoisotopic (exact) mass is 240 g/mol. The summed E-state index contributed by atoms with van der Waals surface area (Å²) < 4.78 is 5.42. The molecule has 1 unspecified atom stereocenters. The molecule has 2 heteroatoms. The van der Waals surface area contributed by atoms with Crippen LogP contribution in [0.5, 0.6) is 0 Å². The molecule has 0 fully saturated rings. The van der Waals surface area contributed by atoms with Crippen LogP contribution >= 0.6 is 0 Å². The smallest absolute Gasteiger partial charge is 0.333 e. The number of esters is 1. The molecule has 100 valence electrons. The molecular formula is C15H28O2. The second kappa shape index (κ2) is 9.26. The van der Waals surface area contributed by atoms with Gasteiger partial charge in [0.25, 0.3) is 0 Å². The third-order valence-electron chi connectivity index (χ3n) is 2.79. The summed E-state index contributed by atoms with van der Waals surface area (Å²) in [6.07, 6.45) is 6.71. The molecule has 1 atom stereocenters. The van der Waals surface area contributed by atoms with Gasteiger partial charge in [-0.25, -0.2) is 4.79 Å². The molecule has 0 rings (SSSR count). The Bertz CT molecular complexity index is 231. The highest BCUT2D eigenvalue weighted by Crippen LogP contribution is 2.15. The quantitative estimate of drug-likeness (QED) is 0.337. The van der Waals surface area contributed by atoms with Gasteiger partial charge in [-0.1, -0.05) is 46.6 Å². The van der Waals surface area contributed by atoms with Gasteiger partial charge in [0.05, 0.1) is 0 Å². The van der Waals surface area contributed by atoms with Crippen molar-refractivity contribution in [2.24, 2.45) is 5.92 Å². The molecule has 0 aliphatic rings. The van der Waals surface area contributed by atoms with Gasteiger partial charge < -0.3 is 4.74 Å². The van der Waals surface area contributed by atoms with Crippen LogP contribution in [-0.2, 0) is 9.53 Å². The average Bonchev–Trinajstić information content (AvgIpc) is 2.23. The number of carbonyl (C=O) groups excluding carboxylic acids is 1. The van der Waals surface area contributed by atoms with Gasteiger partial charge in [0.15, 0.2) is 0 Å². The lowest BCUT2D eigenvalue weighted by molar-refractivity contribution is -0.144. The van der Waals surface area contributed by atoms with Crippen LogP contribution < -0.4 is 0 Å².